The molecule has 17 nitrogen and oxygen atoms in total. The van der Waals surface area contributed by atoms with E-state index in [2.05, 4.69) is 72.8 Å². The van der Waals surface area contributed by atoms with Crippen molar-refractivity contribution in [1.82, 2.24) is 0 Å². The molecule has 0 radical (unpaired) electrons. The van der Waals surface area contributed by atoms with Gasteiger partial charge in [0.15, 0.2) is 12.2 Å². The van der Waals surface area contributed by atoms with Gasteiger partial charge in [0.2, 0.25) is 0 Å². The number of carbonyl (C=O) groups is 4. The summed E-state index contributed by atoms with van der Waals surface area (Å²) in [6, 6.07) is 0. The van der Waals surface area contributed by atoms with Gasteiger partial charge in [0, 0.05) is 25.7 Å². The van der Waals surface area contributed by atoms with E-state index in [0.29, 0.717) is 31.6 Å². The molecule has 0 spiro atoms. The number of allylic oxidation sites excluding steroid dienone is 4. The normalized spacial score (nSPS) is 14.6. The summed E-state index contributed by atoms with van der Waals surface area (Å²) in [7, 11) is -9.92. The Labute approximate surface area is 554 Å². The van der Waals surface area contributed by atoms with Crippen LogP contribution in [0.15, 0.2) is 24.3 Å². The molecule has 0 aliphatic heterocycles. The molecule has 0 saturated carbocycles. The van der Waals surface area contributed by atoms with E-state index >= 15 is 0 Å². The average molecular weight is 1340 g/mol. The van der Waals surface area contributed by atoms with E-state index in [1.165, 1.54) is 128 Å². The van der Waals surface area contributed by atoms with Crippen molar-refractivity contribution in [2.45, 2.75) is 356 Å². The first-order valence-corrected chi connectivity index (χ1v) is 39.7. The molecule has 0 aliphatic carbocycles. The minimum atomic E-state index is -4.96. The van der Waals surface area contributed by atoms with Crippen molar-refractivity contribution in [1.29, 1.82) is 0 Å². The summed E-state index contributed by atoms with van der Waals surface area (Å²) in [5, 5.41) is 10.6. The second-order valence-electron chi connectivity index (χ2n) is 26.5. The number of phosphoric acid groups is 2. The minimum Gasteiger partial charge on any atom is -0.462 e. The lowest BCUT2D eigenvalue weighted by molar-refractivity contribution is -0.161. The Kier molecular flexibility index (Phi) is 60.7. The predicted molar refractivity (Wildman–Crippen MR) is 367 cm³/mol. The van der Waals surface area contributed by atoms with Crippen LogP contribution in [0.4, 0.5) is 0 Å². The van der Waals surface area contributed by atoms with E-state index in [1.807, 2.05) is 0 Å². The van der Waals surface area contributed by atoms with Gasteiger partial charge in [0.25, 0.3) is 0 Å². The van der Waals surface area contributed by atoms with Gasteiger partial charge < -0.3 is 33.8 Å². The van der Waals surface area contributed by atoms with Crippen molar-refractivity contribution in [2.24, 2.45) is 17.8 Å². The summed E-state index contributed by atoms with van der Waals surface area (Å²) in [4.78, 5) is 72.5. The number of ether oxygens (including phenoxy) is 4. The van der Waals surface area contributed by atoms with Crippen LogP contribution in [0, 0.1) is 17.8 Å². The Bertz CT molecular complexity index is 1880. The third kappa shape index (κ3) is 64.6. The van der Waals surface area contributed by atoms with Crippen LogP contribution in [0.25, 0.3) is 0 Å². The predicted octanol–water partition coefficient (Wildman–Crippen LogP) is 20.2. The topological polar surface area (TPSA) is 237 Å². The summed E-state index contributed by atoms with van der Waals surface area (Å²) in [6.07, 6.45) is 49.6. The molecule has 0 bridgehead atoms. The molecule has 0 fully saturated rings. The van der Waals surface area contributed by atoms with Crippen LogP contribution >= 0.6 is 15.6 Å². The highest BCUT2D eigenvalue weighted by Crippen LogP contribution is 2.45. The number of hydrogen-bond donors (Lipinski definition) is 3. The molecule has 0 aromatic rings. The number of aliphatic hydroxyl groups excluding tert-OH is 1. The Morgan fingerprint density at radius 2 is 0.648 bits per heavy atom. The fourth-order valence-electron chi connectivity index (χ4n) is 10.3. The highest BCUT2D eigenvalue weighted by Gasteiger charge is 2.30. The molecule has 536 valence electrons. The Morgan fingerprint density at radius 3 is 0.978 bits per heavy atom. The number of aliphatic hydroxyl groups is 1. The zero-order valence-corrected chi connectivity index (χ0v) is 60.6. The van der Waals surface area contributed by atoms with Crippen LogP contribution in [0.3, 0.4) is 0 Å². The lowest BCUT2D eigenvalue weighted by Gasteiger charge is -2.21. The summed E-state index contributed by atoms with van der Waals surface area (Å²) >= 11 is 0. The van der Waals surface area contributed by atoms with E-state index in [0.717, 1.165) is 121 Å². The third-order valence-corrected chi connectivity index (χ3v) is 18.3. The van der Waals surface area contributed by atoms with Gasteiger partial charge in [-0.1, -0.05) is 285 Å². The smallest absolute Gasteiger partial charge is 0.462 e. The van der Waals surface area contributed by atoms with Gasteiger partial charge in [-0.3, -0.25) is 37.3 Å². The Morgan fingerprint density at radius 1 is 0.363 bits per heavy atom. The maximum atomic E-state index is 13.0. The number of carbonyl (C=O) groups excluding carboxylic acids is 4. The second-order valence-corrected chi connectivity index (χ2v) is 29.4. The van der Waals surface area contributed by atoms with Crippen LogP contribution in [0.5, 0.6) is 0 Å². The van der Waals surface area contributed by atoms with Crippen molar-refractivity contribution in [3.8, 4) is 0 Å². The van der Waals surface area contributed by atoms with Crippen molar-refractivity contribution in [3.63, 3.8) is 0 Å². The van der Waals surface area contributed by atoms with Crippen LogP contribution in [-0.4, -0.2) is 96.7 Å². The molecule has 3 N–H and O–H groups in total. The highest BCUT2D eigenvalue weighted by atomic mass is 31.2. The molecule has 0 aliphatic rings. The van der Waals surface area contributed by atoms with Gasteiger partial charge in [-0.15, -0.1) is 0 Å². The average Bonchev–Trinajstić information content (AvgIpc) is 2.98. The molecule has 91 heavy (non-hydrogen) atoms. The van der Waals surface area contributed by atoms with Gasteiger partial charge in [0.05, 0.1) is 26.4 Å². The number of rotatable bonds is 68. The maximum absolute atomic E-state index is 13.0. The number of esters is 4. The van der Waals surface area contributed by atoms with E-state index in [4.69, 9.17) is 37.0 Å². The molecule has 19 heteroatoms. The molecule has 0 heterocycles. The van der Waals surface area contributed by atoms with E-state index in [1.54, 1.807) is 0 Å². The van der Waals surface area contributed by atoms with Gasteiger partial charge in [-0.25, -0.2) is 9.13 Å². The van der Waals surface area contributed by atoms with Gasteiger partial charge in [-0.05, 0) is 69.1 Å². The van der Waals surface area contributed by atoms with E-state index in [9.17, 15) is 43.2 Å². The number of unbranched alkanes of at least 4 members (excludes halogenated alkanes) is 32. The molecule has 0 rings (SSSR count). The molecule has 0 saturated heterocycles. The minimum absolute atomic E-state index is 0.0846. The van der Waals surface area contributed by atoms with Gasteiger partial charge >= 0.3 is 39.5 Å². The first-order valence-electron chi connectivity index (χ1n) is 36.7. The third-order valence-electron chi connectivity index (χ3n) is 16.4. The Hall–Kier alpha value is -2.46. The van der Waals surface area contributed by atoms with E-state index < -0.39 is 97.5 Å². The largest absolute Gasteiger partial charge is 0.472 e. The molecule has 0 amide bonds. The lowest BCUT2D eigenvalue weighted by Crippen LogP contribution is -2.30. The Balaban J connectivity index is 5.26. The summed E-state index contributed by atoms with van der Waals surface area (Å²) < 4.78 is 68.2. The maximum Gasteiger partial charge on any atom is 0.472 e. The van der Waals surface area contributed by atoms with E-state index in [-0.39, 0.29) is 25.7 Å². The zero-order valence-electron chi connectivity index (χ0n) is 58.8. The fourth-order valence-corrected chi connectivity index (χ4v) is 11.9. The van der Waals surface area contributed by atoms with Crippen molar-refractivity contribution < 1.29 is 80.2 Å². The monoisotopic (exact) mass is 1330 g/mol. The van der Waals surface area contributed by atoms with Crippen molar-refractivity contribution in [3.05, 3.63) is 24.3 Å². The fraction of sp³-hybridized carbons (Fsp3) is 0.889. The molecule has 0 aromatic heterocycles. The summed E-state index contributed by atoms with van der Waals surface area (Å²) in [5.41, 5.74) is 0. The van der Waals surface area contributed by atoms with Crippen LogP contribution in [0.2, 0.25) is 0 Å². The lowest BCUT2D eigenvalue weighted by atomic mass is 10.00. The van der Waals surface area contributed by atoms with Crippen molar-refractivity contribution >= 4 is 39.5 Å². The SMILES string of the molecule is CCCCCC/C=C\C=C/CCCCCCCC(=O)O[C@H](COC(=O)CCCCCCCCCCCCCCCCC(C)C)COP(=O)(O)OC[C@@H](O)COP(=O)(O)OC[C@@H](COC(=O)CCCCCCCCC(C)C)OC(=O)CCCCCCCCC(C)CC. The number of hydrogen-bond acceptors (Lipinski definition) is 15. The van der Waals surface area contributed by atoms with Crippen LogP contribution < -0.4 is 0 Å². The molecule has 0 aromatic carbocycles. The zero-order chi connectivity index (χ0) is 67.3. The second kappa shape index (κ2) is 62.4. The molecule has 3 unspecified atom stereocenters. The molecule has 6 atom stereocenters. The van der Waals surface area contributed by atoms with Gasteiger partial charge in [-0.2, -0.15) is 0 Å². The first-order chi connectivity index (χ1) is 43.8. The standard InChI is InChI=1S/C72H136O17P2/c1-8-10-11-12-13-14-15-16-17-22-25-28-31-41-48-55-71(76)88-67(59-82-69(74)53-46-39-30-27-24-21-19-18-20-23-26-29-36-43-50-63(3)4)61-86-90(78,79)84-57-66(73)58-85-91(80,81)87-62-68(60-83-70(75)54-47-40-34-32-37-44-51-64(5)6)89-72(77)56-49-42-35-33-38-45-52-65(7)9-2/h14-17,63-68,73H,8-13,18-62H2,1-7H3,(H,78,79)(H,80,81)/b15-14-,17-16-/t65?,66-,67-,68-/m1/s1. The molecular formula is C72H136O17P2. The summed E-state index contributed by atoms with van der Waals surface area (Å²) in [6.45, 7) is 11.7. The molecular weight excluding hydrogens is 1200 g/mol. The first kappa shape index (κ1) is 88.5. The van der Waals surface area contributed by atoms with Crippen LogP contribution in [0.1, 0.15) is 337 Å². The number of phosphoric ester groups is 2. The summed E-state index contributed by atoms with van der Waals surface area (Å²) in [5.74, 6) is 0.0338. The van der Waals surface area contributed by atoms with Crippen molar-refractivity contribution in [2.75, 3.05) is 39.6 Å². The van der Waals surface area contributed by atoms with Gasteiger partial charge in [0.1, 0.15) is 19.3 Å². The quantitative estimate of drug-likeness (QED) is 0.0169. The highest BCUT2D eigenvalue weighted by molar-refractivity contribution is 7.47. The van der Waals surface area contributed by atoms with Crippen LogP contribution in [-0.2, 0) is 65.4 Å².